The summed E-state index contributed by atoms with van der Waals surface area (Å²) in [7, 11) is 0. The summed E-state index contributed by atoms with van der Waals surface area (Å²) >= 11 is 0. The van der Waals surface area contributed by atoms with Crippen molar-refractivity contribution >= 4 is 12.0 Å². The molecule has 0 bridgehead atoms. The number of carbonyl (C=O) groups is 1. The third-order valence-electron chi connectivity index (χ3n) is 1.61. The first-order valence-electron chi connectivity index (χ1n) is 4.72. The summed E-state index contributed by atoms with van der Waals surface area (Å²) < 4.78 is 17.6. The molecule has 0 aliphatic carbocycles. The van der Waals surface area contributed by atoms with Crippen LogP contribution in [0.1, 0.15) is 19.4 Å². The zero-order chi connectivity index (χ0) is 11.3. The van der Waals surface area contributed by atoms with Crippen LogP contribution >= 0.6 is 0 Å². The van der Waals surface area contributed by atoms with Gasteiger partial charge in [-0.05, 0) is 37.6 Å². The van der Waals surface area contributed by atoms with Crippen LogP contribution in [-0.4, -0.2) is 12.1 Å². The van der Waals surface area contributed by atoms with Gasteiger partial charge in [0.05, 0.1) is 6.10 Å². The van der Waals surface area contributed by atoms with Crippen molar-refractivity contribution in [2.45, 2.75) is 20.0 Å². The van der Waals surface area contributed by atoms with E-state index in [4.69, 9.17) is 4.74 Å². The minimum Gasteiger partial charge on any atom is -0.460 e. The highest BCUT2D eigenvalue weighted by Gasteiger charge is 1.99. The van der Waals surface area contributed by atoms with Crippen molar-refractivity contribution in [2.75, 3.05) is 0 Å². The number of benzene rings is 1. The molecule has 80 valence electrons. The Labute approximate surface area is 88.4 Å². The lowest BCUT2D eigenvalue weighted by molar-refractivity contribution is -0.141. The first-order chi connectivity index (χ1) is 7.08. The molecular formula is C12H13FO2. The van der Waals surface area contributed by atoms with Gasteiger partial charge in [-0.3, -0.25) is 0 Å². The minimum atomic E-state index is -0.422. The van der Waals surface area contributed by atoms with Crippen molar-refractivity contribution in [3.05, 3.63) is 41.7 Å². The first kappa shape index (κ1) is 11.4. The van der Waals surface area contributed by atoms with E-state index in [-0.39, 0.29) is 11.9 Å². The van der Waals surface area contributed by atoms with Crippen molar-refractivity contribution in [1.82, 2.24) is 0 Å². The molecule has 0 atom stereocenters. The van der Waals surface area contributed by atoms with Crippen LogP contribution in [-0.2, 0) is 9.53 Å². The topological polar surface area (TPSA) is 26.3 Å². The smallest absolute Gasteiger partial charge is 0.331 e. The molecule has 0 aromatic heterocycles. The second kappa shape index (κ2) is 5.29. The SMILES string of the molecule is CC(C)OC(=O)C=Cc1cccc(F)c1. The first-order valence-corrected chi connectivity index (χ1v) is 4.72. The van der Waals surface area contributed by atoms with Gasteiger partial charge in [0.1, 0.15) is 5.82 Å². The molecule has 0 aliphatic rings. The summed E-state index contributed by atoms with van der Waals surface area (Å²) in [5, 5.41) is 0. The molecule has 2 nitrogen and oxygen atoms in total. The van der Waals surface area contributed by atoms with Crippen molar-refractivity contribution in [1.29, 1.82) is 0 Å². The predicted octanol–water partition coefficient (Wildman–Crippen LogP) is 2.79. The molecule has 15 heavy (non-hydrogen) atoms. The lowest BCUT2D eigenvalue weighted by atomic mass is 10.2. The van der Waals surface area contributed by atoms with Gasteiger partial charge in [-0.15, -0.1) is 0 Å². The van der Waals surface area contributed by atoms with Crippen LogP contribution in [0.25, 0.3) is 6.08 Å². The lowest BCUT2D eigenvalue weighted by Gasteiger charge is -2.03. The summed E-state index contributed by atoms with van der Waals surface area (Å²) in [6.07, 6.45) is 2.66. The zero-order valence-electron chi connectivity index (χ0n) is 8.74. The average molecular weight is 208 g/mol. The molecular weight excluding hydrogens is 195 g/mol. The number of hydrogen-bond acceptors (Lipinski definition) is 2. The maximum absolute atomic E-state index is 12.8. The third-order valence-corrected chi connectivity index (χ3v) is 1.61. The normalized spacial score (nSPS) is 10.9. The fourth-order valence-corrected chi connectivity index (χ4v) is 1.05. The van der Waals surface area contributed by atoms with Gasteiger partial charge in [-0.25, -0.2) is 9.18 Å². The predicted molar refractivity (Wildman–Crippen MR) is 56.7 cm³/mol. The highest BCUT2D eigenvalue weighted by Crippen LogP contribution is 2.05. The Balaban J connectivity index is 2.61. The van der Waals surface area contributed by atoms with Crippen LogP contribution < -0.4 is 0 Å². The Bertz CT molecular complexity index is 370. The number of ether oxygens (including phenoxy) is 1. The molecule has 0 radical (unpaired) electrons. The Kier molecular flexibility index (Phi) is 4.03. The molecule has 0 amide bonds. The summed E-state index contributed by atoms with van der Waals surface area (Å²) in [5.74, 6) is -0.747. The number of esters is 1. The molecule has 1 aromatic carbocycles. The van der Waals surface area contributed by atoms with Gasteiger partial charge in [-0.1, -0.05) is 12.1 Å². The Morgan fingerprint density at radius 1 is 1.47 bits per heavy atom. The van der Waals surface area contributed by atoms with E-state index in [1.165, 1.54) is 24.3 Å². The monoisotopic (exact) mass is 208 g/mol. The van der Waals surface area contributed by atoms with Gasteiger partial charge in [-0.2, -0.15) is 0 Å². The van der Waals surface area contributed by atoms with Gasteiger partial charge in [0.15, 0.2) is 0 Å². The average Bonchev–Trinajstić information content (AvgIpc) is 2.14. The van der Waals surface area contributed by atoms with Crippen molar-refractivity contribution < 1.29 is 13.9 Å². The minimum absolute atomic E-state index is 0.144. The quantitative estimate of drug-likeness (QED) is 0.564. The molecule has 3 heteroatoms. The zero-order valence-corrected chi connectivity index (χ0v) is 8.74. The van der Waals surface area contributed by atoms with E-state index in [1.54, 1.807) is 26.0 Å². The van der Waals surface area contributed by atoms with E-state index in [2.05, 4.69) is 0 Å². The highest BCUT2D eigenvalue weighted by atomic mass is 19.1. The van der Waals surface area contributed by atoms with Crippen LogP contribution in [0.4, 0.5) is 4.39 Å². The summed E-state index contributed by atoms with van der Waals surface area (Å²) in [5.41, 5.74) is 0.635. The van der Waals surface area contributed by atoms with Crippen LogP contribution in [0.15, 0.2) is 30.3 Å². The van der Waals surface area contributed by atoms with E-state index < -0.39 is 5.97 Å². The molecule has 0 heterocycles. The number of halogens is 1. The molecule has 0 aliphatic heterocycles. The summed E-state index contributed by atoms with van der Waals surface area (Å²) in [4.78, 5) is 11.1. The second-order valence-corrected chi connectivity index (χ2v) is 3.37. The van der Waals surface area contributed by atoms with Gasteiger partial charge in [0.2, 0.25) is 0 Å². The van der Waals surface area contributed by atoms with Crippen LogP contribution in [0.3, 0.4) is 0 Å². The van der Waals surface area contributed by atoms with E-state index in [9.17, 15) is 9.18 Å². The van der Waals surface area contributed by atoms with Crippen LogP contribution in [0.5, 0.6) is 0 Å². The van der Waals surface area contributed by atoms with E-state index in [0.29, 0.717) is 5.56 Å². The molecule has 1 rings (SSSR count). The van der Waals surface area contributed by atoms with Crippen molar-refractivity contribution in [2.24, 2.45) is 0 Å². The molecule has 0 saturated carbocycles. The molecule has 0 unspecified atom stereocenters. The van der Waals surface area contributed by atoms with Gasteiger partial charge in [0.25, 0.3) is 0 Å². The summed E-state index contributed by atoms with van der Waals surface area (Å²) in [6, 6.07) is 5.99. The Morgan fingerprint density at radius 3 is 2.80 bits per heavy atom. The fourth-order valence-electron chi connectivity index (χ4n) is 1.05. The largest absolute Gasteiger partial charge is 0.460 e. The Hall–Kier alpha value is -1.64. The number of rotatable bonds is 3. The van der Waals surface area contributed by atoms with Gasteiger partial charge >= 0.3 is 5.97 Å². The molecule has 1 aromatic rings. The van der Waals surface area contributed by atoms with E-state index in [1.807, 2.05) is 0 Å². The summed E-state index contributed by atoms with van der Waals surface area (Å²) in [6.45, 7) is 3.54. The van der Waals surface area contributed by atoms with Crippen LogP contribution in [0, 0.1) is 5.82 Å². The van der Waals surface area contributed by atoms with Gasteiger partial charge < -0.3 is 4.74 Å². The molecule has 0 spiro atoms. The van der Waals surface area contributed by atoms with Gasteiger partial charge in [0, 0.05) is 6.08 Å². The maximum Gasteiger partial charge on any atom is 0.331 e. The van der Waals surface area contributed by atoms with E-state index >= 15 is 0 Å². The Morgan fingerprint density at radius 2 is 2.20 bits per heavy atom. The second-order valence-electron chi connectivity index (χ2n) is 3.37. The maximum atomic E-state index is 12.8. The molecule has 0 fully saturated rings. The third kappa shape index (κ3) is 4.40. The molecule has 0 N–H and O–H groups in total. The van der Waals surface area contributed by atoms with E-state index in [0.717, 1.165) is 0 Å². The molecule has 0 saturated heterocycles. The highest BCUT2D eigenvalue weighted by molar-refractivity contribution is 5.87. The number of carbonyl (C=O) groups excluding carboxylic acids is 1. The van der Waals surface area contributed by atoms with Crippen molar-refractivity contribution in [3.8, 4) is 0 Å². The number of hydrogen-bond donors (Lipinski definition) is 0. The fraction of sp³-hybridized carbons (Fsp3) is 0.250. The van der Waals surface area contributed by atoms with Crippen molar-refractivity contribution in [3.63, 3.8) is 0 Å². The van der Waals surface area contributed by atoms with Crippen LogP contribution in [0.2, 0.25) is 0 Å². The lowest BCUT2D eigenvalue weighted by Crippen LogP contribution is -2.08. The standard InChI is InChI=1S/C12H13FO2/c1-9(2)15-12(14)7-6-10-4-3-5-11(13)8-10/h3-9H,1-2H3.